The van der Waals surface area contributed by atoms with Crippen molar-refractivity contribution in [2.45, 2.75) is 19.8 Å². The maximum Gasteiger partial charge on any atom is 0.149 e. The van der Waals surface area contributed by atoms with Crippen LogP contribution in [0.1, 0.15) is 18.4 Å². The lowest BCUT2D eigenvalue weighted by molar-refractivity contribution is 0.134. The van der Waals surface area contributed by atoms with Crippen LogP contribution in [0.3, 0.4) is 0 Å². The van der Waals surface area contributed by atoms with Gasteiger partial charge in [-0.1, -0.05) is 0 Å². The quantitative estimate of drug-likeness (QED) is 0.719. The summed E-state index contributed by atoms with van der Waals surface area (Å²) in [7, 11) is 0. The zero-order valence-electron chi connectivity index (χ0n) is 9.70. The van der Waals surface area contributed by atoms with Crippen LogP contribution in [0.5, 0.6) is 0 Å². The van der Waals surface area contributed by atoms with E-state index in [0.717, 1.165) is 36.1 Å². The summed E-state index contributed by atoms with van der Waals surface area (Å²) in [5, 5.41) is 3.19. The van der Waals surface area contributed by atoms with E-state index in [1.807, 2.05) is 13.0 Å². The van der Waals surface area contributed by atoms with Crippen LogP contribution in [-0.4, -0.2) is 24.7 Å². The first-order chi connectivity index (χ1) is 7.77. The van der Waals surface area contributed by atoms with E-state index in [2.05, 4.69) is 10.3 Å². The van der Waals surface area contributed by atoms with Gasteiger partial charge in [-0.3, -0.25) is 0 Å². The Labute approximate surface area is 96.2 Å². The summed E-state index contributed by atoms with van der Waals surface area (Å²) in [5.74, 6) is 1.58. The Kier molecular flexibility index (Phi) is 3.62. The molecule has 4 nitrogen and oxygen atoms in total. The molecule has 1 fully saturated rings. The highest BCUT2D eigenvalue weighted by atomic mass is 16.5. The van der Waals surface area contributed by atoms with Gasteiger partial charge in [0.15, 0.2) is 0 Å². The van der Waals surface area contributed by atoms with Crippen molar-refractivity contribution < 1.29 is 4.74 Å². The third-order valence-electron chi connectivity index (χ3n) is 2.80. The first-order valence-electron chi connectivity index (χ1n) is 5.80. The van der Waals surface area contributed by atoms with E-state index in [4.69, 9.17) is 10.5 Å². The van der Waals surface area contributed by atoms with Crippen LogP contribution in [-0.2, 0) is 4.74 Å². The van der Waals surface area contributed by atoms with Gasteiger partial charge in [0.2, 0.25) is 0 Å². The predicted octanol–water partition coefficient (Wildman–Crippen LogP) is 1.81. The van der Waals surface area contributed by atoms with Crippen LogP contribution in [0, 0.1) is 12.8 Å². The van der Waals surface area contributed by atoms with Crippen LogP contribution >= 0.6 is 0 Å². The molecule has 2 rings (SSSR count). The number of hydrogen-bond donors (Lipinski definition) is 2. The summed E-state index contributed by atoms with van der Waals surface area (Å²) in [5.41, 5.74) is 7.67. The molecule has 1 saturated carbocycles. The second-order valence-corrected chi connectivity index (χ2v) is 4.34. The van der Waals surface area contributed by atoms with Crippen molar-refractivity contribution in [1.29, 1.82) is 0 Å². The molecule has 1 aromatic rings. The Balaban J connectivity index is 1.69. The van der Waals surface area contributed by atoms with Gasteiger partial charge in [0.1, 0.15) is 5.82 Å². The van der Waals surface area contributed by atoms with Crippen LogP contribution < -0.4 is 11.1 Å². The van der Waals surface area contributed by atoms with Crippen molar-refractivity contribution in [3.63, 3.8) is 0 Å². The molecule has 0 atom stereocenters. The van der Waals surface area contributed by atoms with Crippen molar-refractivity contribution in [2.24, 2.45) is 5.92 Å². The molecule has 1 aliphatic carbocycles. The Morgan fingerprint density at radius 3 is 3.12 bits per heavy atom. The average molecular weight is 221 g/mol. The van der Waals surface area contributed by atoms with E-state index in [1.165, 1.54) is 12.8 Å². The molecule has 4 heteroatoms. The standard InChI is InChI=1S/C12H19N3O/c1-9-4-5-14-12(11(9)13)15-6-7-16-8-10-2-3-10/h4-5,10H,2-3,6-8,13H2,1H3,(H,14,15). The zero-order valence-corrected chi connectivity index (χ0v) is 9.70. The second-order valence-electron chi connectivity index (χ2n) is 4.34. The van der Waals surface area contributed by atoms with Crippen LogP contribution in [0.25, 0.3) is 0 Å². The third-order valence-corrected chi connectivity index (χ3v) is 2.80. The Morgan fingerprint density at radius 1 is 1.56 bits per heavy atom. The van der Waals surface area contributed by atoms with E-state index in [-0.39, 0.29) is 0 Å². The fourth-order valence-electron chi connectivity index (χ4n) is 1.49. The molecule has 16 heavy (non-hydrogen) atoms. The van der Waals surface area contributed by atoms with Gasteiger partial charge in [-0.25, -0.2) is 4.98 Å². The predicted molar refractivity (Wildman–Crippen MR) is 65.4 cm³/mol. The molecule has 1 aromatic heterocycles. The summed E-state index contributed by atoms with van der Waals surface area (Å²) < 4.78 is 5.52. The molecule has 0 amide bonds. The van der Waals surface area contributed by atoms with Crippen LogP contribution in [0.4, 0.5) is 11.5 Å². The van der Waals surface area contributed by atoms with Gasteiger partial charge in [0.25, 0.3) is 0 Å². The number of nitrogens with two attached hydrogens (primary N) is 1. The van der Waals surface area contributed by atoms with E-state index in [0.29, 0.717) is 6.61 Å². The van der Waals surface area contributed by atoms with Gasteiger partial charge in [0.05, 0.1) is 12.3 Å². The molecule has 1 heterocycles. The molecular formula is C12H19N3O. The Morgan fingerprint density at radius 2 is 2.38 bits per heavy atom. The fraction of sp³-hybridized carbons (Fsp3) is 0.583. The Hall–Kier alpha value is -1.29. The number of nitrogens with zero attached hydrogens (tertiary/aromatic N) is 1. The molecular weight excluding hydrogens is 202 g/mol. The number of aryl methyl sites for hydroxylation is 1. The average Bonchev–Trinajstić information content (AvgIpc) is 3.07. The molecule has 3 N–H and O–H groups in total. The van der Waals surface area contributed by atoms with E-state index in [9.17, 15) is 0 Å². The van der Waals surface area contributed by atoms with E-state index in [1.54, 1.807) is 6.20 Å². The number of hydrogen-bond acceptors (Lipinski definition) is 4. The first-order valence-corrected chi connectivity index (χ1v) is 5.80. The third kappa shape index (κ3) is 3.10. The highest BCUT2D eigenvalue weighted by molar-refractivity contribution is 5.64. The number of ether oxygens (including phenoxy) is 1. The number of rotatable bonds is 6. The molecule has 0 spiro atoms. The van der Waals surface area contributed by atoms with Gasteiger partial charge < -0.3 is 15.8 Å². The van der Waals surface area contributed by atoms with Gasteiger partial charge in [0, 0.05) is 19.3 Å². The SMILES string of the molecule is Cc1ccnc(NCCOCC2CC2)c1N. The smallest absolute Gasteiger partial charge is 0.149 e. The lowest BCUT2D eigenvalue weighted by Gasteiger charge is -2.09. The highest BCUT2D eigenvalue weighted by Gasteiger charge is 2.20. The number of nitrogens with one attached hydrogen (secondary N) is 1. The maximum atomic E-state index is 5.89. The molecule has 0 aliphatic heterocycles. The molecule has 0 aromatic carbocycles. The highest BCUT2D eigenvalue weighted by Crippen LogP contribution is 2.28. The number of aromatic nitrogens is 1. The first kappa shape index (κ1) is 11.2. The van der Waals surface area contributed by atoms with Gasteiger partial charge in [-0.15, -0.1) is 0 Å². The van der Waals surface area contributed by atoms with Gasteiger partial charge >= 0.3 is 0 Å². The van der Waals surface area contributed by atoms with Crippen molar-refractivity contribution in [1.82, 2.24) is 4.98 Å². The number of pyridine rings is 1. The fourth-order valence-corrected chi connectivity index (χ4v) is 1.49. The second kappa shape index (κ2) is 5.16. The molecule has 0 bridgehead atoms. The maximum absolute atomic E-state index is 5.89. The topological polar surface area (TPSA) is 60.2 Å². The van der Waals surface area contributed by atoms with Crippen molar-refractivity contribution in [3.8, 4) is 0 Å². The van der Waals surface area contributed by atoms with Crippen molar-refractivity contribution >= 4 is 11.5 Å². The van der Waals surface area contributed by atoms with Gasteiger partial charge in [-0.05, 0) is 37.3 Å². The minimum atomic E-state index is 0.714. The van der Waals surface area contributed by atoms with Crippen molar-refractivity contribution in [2.75, 3.05) is 30.8 Å². The number of anilines is 2. The molecule has 88 valence electrons. The number of nitrogen functional groups attached to an aromatic ring is 1. The van der Waals surface area contributed by atoms with E-state index >= 15 is 0 Å². The largest absolute Gasteiger partial charge is 0.396 e. The van der Waals surface area contributed by atoms with Crippen LogP contribution in [0.2, 0.25) is 0 Å². The molecule has 0 unspecified atom stereocenters. The lowest BCUT2D eigenvalue weighted by Crippen LogP contribution is -2.13. The van der Waals surface area contributed by atoms with Crippen molar-refractivity contribution in [3.05, 3.63) is 17.8 Å². The molecule has 0 radical (unpaired) electrons. The zero-order chi connectivity index (χ0) is 11.4. The van der Waals surface area contributed by atoms with Gasteiger partial charge in [-0.2, -0.15) is 0 Å². The minimum Gasteiger partial charge on any atom is -0.396 e. The molecule has 1 aliphatic rings. The van der Waals surface area contributed by atoms with Crippen LogP contribution in [0.15, 0.2) is 12.3 Å². The lowest BCUT2D eigenvalue weighted by atomic mass is 10.2. The summed E-state index contributed by atoms with van der Waals surface area (Å²) >= 11 is 0. The summed E-state index contributed by atoms with van der Waals surface area (Å²) in [4.78, 5) is 4.19. The molecule has 0 saturated heterocycles. The summed E-state index contributed by atoms with van der Waals surface area (Å²) in [6, 6.07) is 1.91. The normalized spacial score (nSPS) is 15.1. The Bertz CT molecular complexity index is 350. The minimum absolute atomic E-state index is 0.714. The summed E-state index contributed by atoms with van der Waals surface area (Å²) in [6.45, 7) is 4.35. The summed E-state index contributed by atoms with van der Waals surface area (Å²) in [6.07, 6.45) is 4.43. The monoisotopic (exact) mass is 221 g/mol. The van der Waals surface area contributed by atoms with E-state index < -0.39 is 0 Å².